The Kier molecular flexibility index (Phi) is 9.33. The maximum absolute atomic E-state index is 13.8. The van der Waals surface area contributed by atoms with Gasteiger partial charge in [0.25, 0.3) is 5.91 Å². The van der Waals surface area contributed by atoms with Gasteiger partial charge in [0.05, 0.1) is 18.8 Å². The van der Waals surface area contributed by atoms with Gasteiger partial charge in [-0.3, -0.25) is 4.79 Å². The van der Waals surface area contributed by atoms with Crippen molar-refractivity contribution in [3.05, 3.63) is 64.9 Å². The van der Waals surface area contributed by atoms with E-state index in [1.807, 2.05) is 63.2 Å². The van der Waals surface area contributed by atoms with Crippen molar-refractivity contribution >= 4 is 29.3 Å². The highest BCUT2D eigenvalue weighted by Gasteiger charge is 2.35. The molecule has 202 valence electrons. The summed E-state index contributed by atoms with van der Waals surface area (Å²) in [7, 11) is 0. The van der Waals surface area contributed by atoms with Crippen molar-refractivity contribution in [2.24, 2.45) is 0 Å². The molecule has 1 amide bonds. The van der Waals surface area contributed by atoms with Gasteiger partial charge in [-0.2, -0.15) is 4.98 Å². The van der Waals surface area contributed by atoms with Crippen LogP contribution in [0.4, 0.5) is 11.6 Å². The molecular formula is C29H37N5O3S. The van der Waals surface area contributed by atoms with Crippen LogP contribution in [0.25, 0.3) is 0 Å². The van der Waals surface area contributed by atoms with E-state index >= 15 is 0 Å². The summed E-state index contributed by atoms with van der Waals surface area (Å²) in [4.78, 5) is 18.5. The molecule has 2 heterocycles. The Balaban J connectivity index is 1.76. The van der Waals surface area contributed by atoms with E-state index in [9.17, 15) is 4.79 Å². The zero-order chi connectivity index (χ0) is 27.1. The number of hydrogen-bond acceptors (Lipinski definition) is 7. The van der Waals surface area contributed by atoms with Gasteiger partial charge in [0, 0.05) is 17.1 Å². The molecule has 38 heavy (non-hydrogen) atoms. The smallest absolute Gasteiger partial charge is 0.255 e. The molecule has 0 fully saturated rings. The lowest BCUT2D eigenvalue weighted by Gasteiger charge is -2.29. The predicted octanol–water partition coefficient (Wildman–Crippen LogP) is 6.59. The number of unbranched alkanes of at least 4 members (excludes halogenated alkanes) is 1. The van der Waals surface area contributed by atoms with Crippen molar-refractivity contribution < 1.29 is 14.3 Å². The third-order valence-corrected chi connectivity index (χ3v) is 7.17. The first kappa shape index (κ1) is 27.6. The van der Waals surface area contributed by atoms with E-state index in [0.717, 1.165) is 47.5 Å². The minimum Gasteiger partial charge on any atom is -0.490 e. The molecular weight excluding hydrogens is 498 g/mol. The largest absolute Gasteiger partial charge is 0.490 e. The number of benzene rings is 2. The van der Waals surface area contributed by atoms with Crippen LogP contribution in [0.2, 0.25) is 0 Å². The van der Waals surface area contributed by atoms with Gasteiger partial charge in [0.1, 0.15) is 6.04 Å². The molecule has 0 saturated carbocycles. The summed E-state index contributed by atoms with van der Waals surface area (Å²) in [6.07, 6.45) is 3.03. The molecule has 0 spiro atoms. The van der Waals surface area contributed by atoms with Gasteiger partial charge in [0.15, 0.2) is 11.5 Å². The summed E-state index contributed by atoms with van der Waals surface area (Å²) in [6, 6.07) is 13.1. The van der Waals surface area contributed by atoms with E-state index in [0.29, 0.717) is 41.4 Å². The van der Waals surface area contributed by atoms with Crippen molar-refractivity contribution in [2.75, 3.05) is 29.6 Å². The minimum absolute atomic E-state index is 0.198. The summed E-state index contributed by atoms with van der Waals surface area (Å²) in [6.45, 7) is 11.2. The van der Waals surface area contributed by atoms with Crippen molar-refractivity contribution in [1.82, 2.24) is 14.8 Å². The van der Waals surface area contributed by atoms with Crippen LogP contribution in [0.5, 0.6) is 11.5 Å². The first-order valence-electron chi connectivity index (χ1n) is 13.3. The molecule has 8 nitrogen and oxygen atoms in total. The number of rotatable bonds is 12. The van der Waals surface area contributed by atoms with E-state index in [4.69, 9.17) is 19.6 Å². The molecule has 0 radical (unpaired) electrons. The number of anilines is 2. The summed E-state index contributed by atoms with van der Waals surface area (Å²) in [5.74, 6) is 2.68. The van der Waals surface area contributed by atoms with Crippen LogP contribution in [0, 0.1) is 6.92 Å². The Morgan fingerprint density at radius 3 is 2.66 bits per heavy atom. The lowest BCUT2D eigenvalue weighted by molar-refractivity contribution is -0.113. The molecule has 1 unspecified atom stereocenters. The number of thioether (sulfide) groups is 1. The number of allylic oxidation sites excluding steroid dienone is 1. The van der Waals surface area contributed by atoms with Crippen molar-refractivity contribution in [3.8, 4) is 11.5 Å². The van der Waals surface area contributed by atoms with E-state index in [1.54, 1.807) is 16.4 Å². The molecule has 1 atom stereocenters. The second-order valence-electron chi connectivity index (χ2n) is 9.24. The number of hydrogen-bond donors (Lipinski definition) is 2. The van der Waals surface area contributed by atoms with Gasteiger partial charge in [-0.15, -0.1) is 5.10 Å². The quantitative estimate of drug-likeness (QED) is 0.200. The average Bonchev–Trinajstić information content (AvgIpc) is 3.30. The normalized spacial score (nSPS) is 14.6. The van der Waals surface area contributed by atoms with Crippen LogP contribution in [-0.2, 0) is 4.79 Å². The maximum Gasteiger partial charge on any atom is 0.255 e. The fraction of sp³-hybridized carbons (Fsp3) is 0.414. The van der Waals surface area contributed by atoms with Crippen molar-refractivity contribution in [1.29, 1.82) is 0 Å². The molecule has 4 rings (SSSR count). The first-order chi connectivity index (χ1) is 18.4. The lowest BCUT2D eigenvalue weighted by atomic mass is 9.94. The van der Waals surface area contributed by atoms with Crippen LogP contribution in [0.3, 0.4) is 0 Å². The molecule has 2 aromatic carbocycles. The molecule has 0 saturated heterocycles. The zero-order valence-corrected chi connectivity index (χ0v) is 23.7. The lowest BCUT2D eigenvalue weighted by Crippen LogP contribution is -2.31. The molecule has 2 N–H and O–H groups in total. The monoisotopic (exact) mass is 535 g/mol. The van der Waals surface area contributed by atoms with Crippen LogP contribution in [0.15, 0.2) is 58.9 Å². The van der Waals surface area contributed by atoms with Crippen LogP contribution in [-0.4, -0.2) is 39.6 Å². The van der Waals surface area contributed by atoms with Crippen molar-refractivity contribution in [2.45, 2.75) is 65.1 Å². The number of aryl methyl sites for hydroxylation is 1. The topological polar surface area (TPSA) is 90.3 Å². The van der Waals surface area contributed by atoms with E-state index < -0.39 is 6.04 Å². The van der Waals surface area contributed by atoms with Crippen LogP contribution >= 0.6 is 11.8 Å². The fourth-order valence-corrected chi connectivity index (χ4v) is 5.00. The number of nitrogens with one attached hydrogen (secondary N) is 2. The molecule has 1 aromatic heterocycles. The molecule has 9 heteroatoms. The van der Waals surface area contributed by atoms with Crippen LogP contribution < -0.4 is 20.1 Å². The van der Waals surface area contributed by atoms with Gasteiger partial charge >= 0.3 is 0 Å². The molecule has 1 aliphatic heterocycles. The highest BCUT2D eigenvalue weighted by molar-refractivity contribution is 7.99. The highest BCUT2D eigenvalue weighted by atomic mass is 32.2. The van der Waals surface area contributed by atoms with Gasteiger partial charge in [0.2, 0.25) is 11.1 Å². The molecule has 0 bridgehead atoms. The predicted molar refractivity (Wildman–Crippen MR) is 153 cm³/mol. The fourth-order valence-electron chi connectivity index (χ4n) is 4.32. The first-order valence-corrected chi connectivity index (χ1v) is 14.3. The molecule has 0 aliphatic carbocycles. The van der Waals surface area contributed by atoms with Crippen LogP contribution in [0.1, 0.15) is 64.1 Å². The number of carbonyl (C=O) groups excluding carboxylic acids is 1. The highest BCUT2D eigenvalue weighted by Crippen LogP contribution is 2.40. The number of fused-ring (bicyclic) bond motifs is 1. The average molecular weight is 536 g/mol. The number of amides is 1. The number of carbonyl (C=O) groups is 1. The van der Waals surface area contributed by atoms with Crippen molar-refractivity contribution in [3.63, 3.8) is 0 Å². The standard InChI is InChI=1S/C29H37N5O3S/c1-6-9-15-37-23-14-13-21(18-24(23)36-8-3)26-25(27(35)31-22-12-10-11-19(4)17-22)20(5)30-28-32-29(33-34(26)28)38-16-7-2/h10-14,17-18,26H,6-9,15-16H2,1-5H3,(H,31,35)(H,30,32,33). The number of nitrogens with zero attached hydrogens (tertiary/aromatic N) is 3. The zero-order valence-electron chi connectivity index (χ0n) is 22.8. The Hall–Kier alpha value is -3.46. The summed E-state index contributed by atoms with van der Waals surface area (Å²) in [5.41, 5.74) is 3.98. The number of ether oxygens (including phenoxy) is 2. The SMILES string of the molecule is CCCCOc1ccc(C2C(C(=O)Nc3cccc(C)c3)=C(C)Nc3nc(SCCC)nn32)cc1OCC. The van der Waals surface area contributed by atoms with Gasteiger partial charge in [-0.05, 0) is 69.0 Å². The summed E-state index contributed by atoms with van der Waals surface area (Å²) < 4.78 is 13.8. The van der Waals surface area contributed by atoms with Gasteiger partial charge < -0.3 is 20.1 Å². The molecule has 1 aliphatic rings. The van der Waals surface area contributed by atoms with E-state index in [1.165, 1.54) is 0 Å². The summed E-state index contributed by atoms with van der Waals surface area (Å²) in [5, 5.41) is 11.9. The third-order valence-electron chi connectivity index (χ3n) is 6.13. The molecule has 3 aromatic rings. The third kappa shape index (κ3) is 6.32. The second-order valence-corrected chi connectivity index (χ2v) is 10.3. The summed E-state index contributed by atoms with van der Waals surface area (Å²) >= 11 is 1.60. The Morgan fingerprint density at radius 1 is 1.08 bits per heavy atom. The van der Waals surface area contributed by atoms with Gasteiger partial charge in [-0.1, -0.05) is 50.2 Å². The number of aromatic nitrogens is 3. The van der Waals surface area contributed by atoms with E-state index in [-0.39, 0.29) is 5.91 Å². The Labute approximate surface area is 229 Å². The maximum atomic E-state index is 13.8. The van der Waals surface area contributed by atoms with Gasteiger partial charge in [-0.25, -0.2) is 4.68 Å². The second kappa shape index (κ2) is 12.9. The minimum atomic E-state index is -0.497. The van der Waals surface area contributed by atoms with E-state index in [2.05, 4.69) is 24.5 Å². The Morgan fingerprint density at radius 2 is 1.92 bits per heavy atom. The Bertz CT molecular complexity index is 1300.